The van der Waals surface area contributed by atoms with E-state index in [1.807, 2.05) is 6.92 Å². The lowest BCUT2D eigenvalue weighted by Crippen LogP contribution is -2.13. The molecule has 0 unspecified atom stereocenters. The van der Waals surface area contributed by atoms with Crippen LogP contribution in [-0.2, 0) is 17.6 Å². The number of anilines is 1. The van der Waals surface area contributed by atoms with Crippen molar-refractivity contribution in [2.45, 2.75) is 51.9 Å². The molecule has 19 heavy (non-hydrogen) atoms. The highest BCUT2D eigenvalue weighted by atomic mass is 32.1. The summed E-state index contributed by atoms with van der Waals surface area (Å²) in [5.74, 6) is -1.02. The first-order valence-corrected chi connectivity index (χ1v) is 7.62. The Balaban J connectivity index is 2.32. The third-order valence-electron chi connectivity index (χ3n) is 3.37. The summed E-state index contributed by atoms with van der Waals surface area (Å²) in [4.78, 5) is 24.3. The van der Waals surface area contributed by atoms with E-state index in [0.717, 1.165) is 49.0 Å². The molecule has 0 saturated heterocycles. The number of thiophene rings is 1. The summed E-state index contributed by atoms with van der Waals surface area (Å²) in [6.07, 6.45) is 6.24. The van der Waals surface area contributed by atoms with E-state index in [4.69, 9.17) is 0 Å². The van der Waals surface area contributed by atoms with Crippen LogP contribution in [0.15, 0.2) is 0 Å². The van der Waals surface area contributed by atoms with E-state index in [1.165, 1.54) is 11.3 Å². The summed E-state index contributed by atoms with van der Waals surface area (Å²) in [5, 5.41) is 12.7. The molecule has 0 spiro atoms. The zero-order valence-electron chi connectivity index (χ0n) is 11.1. The number of carbonyl (C=O) groups excluding carboxylic acids is 1. The maximum atomic E-state index is 11.7. The molecule has 0 aromatic carbocycles. The van der Waals surface area contributed by atoms with E-state index in [2.05, 4.69) is 5.32 Å². The lowest BCUT2D eigenvalue weighted by Gasteiger charge is -2.04. The number of aryl methyl sites for hydroxylation is 1. The molecule has 0 saturated carbocycles. The number of hydrogen-bond donors (Lipinski definition) is 2. The molecular formula is C14H19NO3S. The van der Waals surface area contributed by atoms with Crippen LogP contribution in [0.2, 0.25) is 0 Å². The van der Waals surface area contributed by atoms with Crippen molar-refractivity contribution < 1.29 is 14.7 Å². The van der Waals surface area contributed by atoms with Crippen LogP contribution in [0.3, 0.4) is 0 Å². The standard InChI is InChI=1S/C14H19NO3S/c1-2-6-11(16)15-13-12(14(17)18)9-7-4-3-5-8-10(9)19-13/h2-8H2,1H3,(H,15,16)(H,17,18). The van der Waals surface area contributed by atoms with E-state index in [9.17, 15) is 14.7 Å². The molecule has 0 atom stereocenters. The Hall–Kier alpha value is -1.36. The molecule has 5 heteroatoms. The third kappa shape index (κ3) is 3.15. The van der Waals surface area contributed by atoms with Gasteiger partial charge in [0.25, 0.3) is 0 Å². The fraction of sp³-hybridized carbons (Fsp3) is 0.571. The minimum atomic E-state index is -0.925. The van der Waals surface area contributed by atoms with Gasteiger partial charge in [-0.3, -0.25) is 4.79 Å². The lowest BCUT2D eigenvalue weighted by atomic mass is 10.1. The summed E-state index contributed by atoms with van der Waals surface area (Å²) < 4.78 is 0. The van der Waals surface area contributed by atoms with Crippen molar-refractivity contribution in [3.05, 3.63) is 16.0 Å². The fourth-order valence-corrected chi connectivity index (χ4v) is 3.77. The molecule has 1 heterocycles. The van der Waals surface area contributed by atoms with E-state index in [1.54, 1.807) is 0 Å². The fourth-order valence-electron chi connectivity index (χ4n) is 2.47. The number of hydrogen-bond acceptors (Lipinski definition) is 3. The molecule has 1 aromatic rings. The molecule has 1 aromatic heterocycles. The number of carboxylic acid groups (broad SMARTS) is 1. The van der Waals surface area contributed by atoms with E-state index in [-0.39, 0.29) is 5.91 Å². The second-order valence-corrected chi connectivity index (χ2v) is 5.98. The smallest absolute Gasteiger partial charge is 0.339 e. The largest absolute Gasteiger partial charge is 0.478 e. The van der Waals surface area contributed by atoms with Gasteiger partial charge in [0.2, 0.25) is 5.91 Å². The molecule has 0 bridgehead atoms. The summed E-state index contributed by atoms with van der Waals surface area (Å²) in [6.45, 7) is 1.93. The molecule has 0 radical (unpaired) electrons. The van der Waals surface area contributed by atoms with Crippen molar-refractivity contribution >= 4 is 28.2 Å². The second-order valence-electron chi connectivity index (χ2n) is 4.87. The second kappa shape index (κ2) is 6.19. The molecular weight excluding hydrogens is 262 g/mol. The Morgan fingerprint density at radius 1 is 1.26 bits per heavy atom. The summed E-state index contributed by atoms with van der Waals surface area (Å²) >= 11 is 1.45. The van der Waals surface area contributed by atoms with Gasteiger partial charge in [-0.15, -0.1) is 11.3 Å². The molecule has 2 rings (SSSR count). The zero-order chi connectivity index (χ0) is 13.8. The van der Waals surface area contributed by atoms with Crippen LogP contribution < -0.4 is 5.32 Å². The maximum absolute atomic E-state index is 11.7. The van der Waals surface area contributed by atoms with Crippen molar-refractivity contribution in [1.29, 1.82) is 0 Å². The molecule has 104 valence electrons. The number of fused-ring (bicyclic) bond motifs is 1. The lowest BCUT2D eigenvalue weighted by molar-refractivity contribution is -0.116. The topological polar surface area (TPSA) is 66.4 Å². The quantitative estimate of drug-likeness (QED) is 0.831. The van der Waals surface area contributed by atoms with Gasteiger partial charge in [-0.25, -0.2) is 4.79 Å². The normalized spacial score (nSPS) is 14.6. The SMILES string of the molecule is CCCC(=O)Nc1sc2c(c1C(=O)O)CCCCC2. The number of amides is 1. The highest BCUT2D eigenvalue weighted by Crippen LogP contribution is 2.37. The number of nitrogens with one attached hydrogen (secondary N) is 1. The molecule has 4 nitrogen and oxygen atoms in total. The molecule has 0 aliphatic heterocycles. The first-order valence-electron chi connectivity index (χ1n) is 6.81. The van der Waals surface area contributed by atoms with Gasteiger partial charge in [0, 0.05) is 11.3 Å². The summed E-state index contributed by atoms with van der Waals surface area (Å²) in [7, 11) is 0. The number of aromatic carboxylic acids is 1. The van der Waals surface area contributed by atoms with Gasteiger partial charge < -0.3 is 10.4 Å². The van der Waals surface area contributed by atoms with Crippen molar-refractivity contribution in [3.8, 4) is 0 Å². The average molecular weight is 281 g/mol. The molecule has 1 amide bonds. The Bertz CT molecular complexity index is 493. The minimum absolute atomic E-state index is 0.0959. The van der Waals surface area contributed by atoms with Gasteiger partial charge in [0.15, 0.2) is 0 Å². The first kappa shape index (κ1) is 14.1. The van der Waals surface area contributed by atoms with Crippen LogP contribution in [0.4, 0.5) is 5.00 Å². The van der Waals surface area contributed by atoms with Crippen LogP contribution in [-0.4, -0.2) is 17.0 Å². The predicted octanol–water partition coefficient (Wildman–Crippen LogP) is 3.45. The van der Waals surface area contributed by atoms with Crippen LogP contribution in [0.1, 0.15) is 59.8 Å². The van der Waals surface area contributed by atoms with Crippen LogP contribution in [0.5, 0.6) is 0 Å². The zero-order valence-corrected chi connectivity index (χ0v) is 11.9. The minimum Gasteiger partial charge on any atom is -0.478 e. The van der Waals surface area contributed by atoms with Crippen molar-refractivity contribution in [2.75, 3.05) is 5.32 Å². The maximum Gasteiger partial charge on any atom is 0.339 e. The Labute approximate surface area is 116 Å². The molecule has 1 aliphatic rings. The van der Waals surface area contributed by atoms with Gasteiger partial charge in [-0.2, -0.15) is 0 Å². The summed E-state index contributed by atoms with van der Waals surface area (Å²) in [5.41, 5.74) is 1.27. The molecule has 2 N–H and O–H groups in total. The Morgan fingerprint density at radius 2 is 2.00 bits per heavy atom. The van der Waals surface area contributed by atoms with Crippen molar-refractivity contribution in [2.24, 2.45) is 0 Å². The van der Waals surface area contributed by atoms with Crippen molar-refractivity contribution in [1.82, 2.24) is 0 Å². The van der Waals surface area contributed by atoms with Crippen LogP contribution in [0.25, 0.3) is 0 Å². The monoisotopic (exact) mass is 281 g/mol. The Morgan fingerprint density at radius 3 is 2.68 bits per heavy atom. The summed E-state index contributed by atoms with van der Waals surface area (Å²) in [6, 6.07) is 0. The van der Waals surface area contributed by atoms with Gasteiger partial charge in [-0.05, 0) is 37.7 Å². The van der Waals surface area contributed by atoms with Gasteiger partial charge in [-0.1, -0.05) is 13.3 Å². The van der Waals surface area contributed by atoms with Crippen LogP contribution in [0, 0.1) is 0 Å². The Kier molecular flexibility index (Phi) is 4.58. The number of carboxylic acids is 1. The highest BCUT2D eigenvalue weighted by Gasteiger charge is 2.25. The number of rotatable bonds is 4. The van der Waals surface area contributed by atoms with E-state index >= 15 is 0 Å². The van der Waals surface area contributed by atoms with Gasteiger partial charge in [0.1, 0.15) is 5.00 Å². The van der Waals surface area contributed by atoms with E-state index in [0.29, 0.717) is 17.0 Å². The predicted molar refractivity (Wildman–Crippen MR) is 76.1 cm³/mol. The van der Waals surface area contributed by atoms with Gasteiger partial charge >= 0.3 is 5.97 Å². The van der Waals surface area contributed by atoms with Crippen molar-refractivity contribution in [3.63, 3.8) is 0 Å². The molecule has 1 aliphatic carbocycles. The van der Waals surface area contributed by atoms with E-state index < -0.39 is 5.97 Å². The van der Waals surface area contributed by atoms with Crippen LogP contribution >= 0.6 is 11.3 Å². The highest BCUT2D eigenvalue weighted by molar-refractivity contribution is 7.17. The average Bonchev–Trinajstić information content (AvgIpc) is 2.52. The molecule has 0 fully saturated rings. The first-order chi connectivity index (χ1) is 9.13. The third-order valence-corrected chi connectivity index (χ3v) is 4.57. The number of carbonyl (C=O) groups is 2. The van der Waals surface area contributed by atoms with Gasteiger partial charge in [0.05, 0.1) is 5.56 Å².